The third-order valence-corrected chi connectivity index (χ3v) is 3.25. The Morgan fingerprint density at radius 1 is 1.41 bits per heavy atom. The van der Waals surface area contributed by atoms with Gasteiger partial charge >= 0.3 is 0 Å². The van der Waals surface area contributed by atoms with Gasteiger partial charge in [-0.15, -0.1) is 0 Å². The van der Waals surface area contributed by atoms with Gasteiger partial charge < -0.3 is 15.2 Å². The fraction of sp³-hybridized carbons (Fsp3) is 1.00. The van der Waals surface area contributed by atoms with Crippen LogP contribution < -0.4 is 5.32 Å². The van der Waals surface area contributed by atoms with E-state index in [4.69, 9.17) is 9.84 Å². The first-order chi connectivity index (χ1) is 8.09. The summed E-state index contributed by atoms with van der Waals surface area (Å²) in [5.74, 6) is 0. The minimum atomic E-state index is -0.181. The first kappa shape index (κ1) is 14.9. The van der Waals surface area contributed by atoms with Crippen LogP contribution in [-0.4, -0.2) is 61.0 Å². The van der Waals surface area contributed by atoms with E-state index in [1.807, 2.05) is 6.92 Å². The molecule has 0 aliphatic carbocycles. The summed E-state index contributed by atoms with van der Waals surface area (Å²) < 4.78 is 5.73. The van der Waals surface area contributed by atoms with Gasteiger partial charge in [0.05, 0.1) is 18.8 Å². The highest BCUT2D eigenvalue weighted by atomic mass is 16.5. The molecular weight excluding hydrogens is 216 g/mol. The average molecular weight is 244 g/mol. The van der Waals surface area contributed by atoms with Gasteiger partial charge in [-0.1, -0.05) is 0 Å². The predicted molar refractivity (Wildman–Crippen MR) is 70.2 cm³/mol. The van der Waals surface area contributed by atoms with Crippen molar-refractivity contribution in [2.45, 2.75) is 51.9 Å². The highest BCUT2D eigenvalue weighted by Crippen LogP contribution is 2.08. The molecule has 1 heterocycles. The predicted octanol–water partition coefficient (Wildman–Crippen LogP) is 0.846. The van der Waals surface area contributed by atoms with Crippen molar-refractivity contribution in [3.05, 3.63) is 0 Å². The molecule has 4 heteroatoms. The largest absolute Gasteiger partial charge is 0.393 e. The van der Waals surface area contributed by atoms with Crippen LogP contribution in [-0.2, 0) is 4.74 Å². The second-order valence-corrected chi connectivity index (χ2v) is 5.28. The van der Waals surface area contributed by atoms with Gasteiger partial charge in [0.25, 0.3) is 0 Å². The molecule has 0 aromatic carbocycles. The minimum Gasteiger partial charge on any atom is -0.393 e. The van der Waals surface area contributed by atoms with Crippen molar-refractivity contribution in [3.8, 4) is 0 Å². The van der Waals surface area contributed by atoms with Crippen molar-refractivity contribution in [2.24, 2.45) is 0 Å². The summed E-state index contributed by atoms with van der Waals surface area (Å²) in [5.41, 5.74) is 0. The Hall–Kier alpha value is -0.160. The average Bonchev–Trinajstić information content (AvgIpc) is 2.28. The highest BCUT2D eigenvalue weighted by Gasteiger charge is 2.21. The van der Waals surface area contributed by atoms with Gasteiger partial charge in [0.1, 0.15) is 0 Å². The lowest BCUT2D eigenvalue weighted by atomic mass is 10.2. The molecular formula is C13H28N2O2. The van der Waals surface area contributed by atoms with E-state index in [9.17, 15) is 0 Å². The van der Waals surface area contributed by atoms with Crippen LogP contribution in [0.2, 0.25) is 0 Å². The molecule has 2 atom stereocenters. The normalized spacial score (nSPS) is 24.2. The zero-order valence-electron chi connectivity index (χ0n) is 11.5. The van der Waals surface area contributed by atoms with E-state index >= 15 is 0 Å². The SMILES string of the molecule is CC(O)CCCNCC1CN(C(C)C)CCO1. The summed E-state index contributed by atoms with van der Waals surface area (Å²) >= 11 is 0. The van der Waals surface area contributed by atoms with Crippen LogP contribution in [0.15, 0.2) is 0 Å². The van der Waals surface area contributed by atoms with Crippen molar-refractivity contribution < 1.29 is 9.84 Å². The quantitative estimate of drug-likeness (QED) is 0.652. The fourth-order valence-corrected chi connectivity index (χ4v) is 2.12. The second kappa shape index (κ2) is 8.03. The number of nitrogens with zero attached hydrogens (tertiary/aromatic N) is 1. The Labute approximate surface area is 105 Å². The lowest BCUT2D eigenvalue weighted by Gasteiger charge is -2.35. The Bertz CT molecular complexity index is 198. The first-order valence-electron chi connectivity index (χ1n) is 6.84. The Morgan fingerprint density at radius 3 is 2.82 bits per heavy atom. The summed E-state index contributed by atoms with van der Waals surface area (Å²) in [5, 5.41) is 12.5. The maximum Gasteiger partial charge on any atom is 0.0826 e. The third-order valence-electron chi connectivity index (χ3n) is 3.25. The van der Waals surface area contributed by atoms with Crippen LogP contribution in [0.25, 0.3) is 0 Å². The molecule has 1 rings (SSSR count). The molecule has 4 nitrogen and oxygen atoms in total. The Kier molecular flexibility index (Phi) is 7.04. The van der Waals surface area contributed by atoms with Gasteiger partial charge in [-0.3, -0.25) is 4.90 Å². The number of nitrogens with one attached hydrogen (secondary N) is 1. The van der Waals surface area contributed by atoms with E-state index < -0.39 is 0 Å². The van der Waals surface area contributed by atoms with Gasteiger partial charge in [-0.2, -0.15) is 0 Å². The molecule has 0 aromatic heterocycles. The molecule has 1 saturated heterocycles. The van der Waals surface area contributed by atoms with Gasteiger partial charge in [-0.05, 0) is 40.2 Å². The molecule has 2 N–H and O–H groups in total. The van der Waals surface area contributed by atoms with E-state index in [1.165, 1.54) is 0 Å². The lowest BCUT2D eigenvalue weighted by molar-refractivity contribution is -0.0371. The highest BCUT2D eigenvalue weighted by molar-refractivity contribution is 4.75. The third kappa shape index (κ3) is 6.36. The lowest BCUT2D eigenvalue weighted by Crippen LogP contribution is -2.49. The topological polar surface area (TPSA) is 44.7 Å². The van der Waals surface area contributed by atoms with Gasteiger partial charge in [-0.25, -0.2) is 0 Å². The summed E-state index contributed by atoms with van der Waals surface area (Å²) in [6, 6.07) is 0.608. The molecule has 0 amide bonds. The zero-order valence-corrected chi connectivity index (χ0v) is 11.5. The van der Waals surface area contributed by atoms with E-state index in [0.29, 0.717) is 12.1 Å². The maximum atomic E-state index is 9.14. The summed E-state index contributed by atoms with van der Waals surface area (Å²) in [4.78, 5) is 2.46. The second-order valence-electron chi connectivity index (χ2n) is 5.28. The van der Waals surface area contributed by atoms with Crippen LogP contribution >= 0.6 is 0 Å². The van der Waals surface area contributed by atoms with Crippen LogP contribution in [0, 0.1) is 0 Å². The fourth-order valence-electron chi connectivity index (χ4n) is 2.12. The van der Waals surface area contributed by atoms with Crippen molar-refractivity contribution in [1.82, 2.24) is 10.2 Å². The van der Waals surface area contributed by atoms with Crippen molar-refractivity contribution in [1.29, 1.82) is 0 Å². The minimum absolute atomic E-state index is 0.181. The molecule has 0 radical (unpaired) electrons. The van der Waals surface area contributed by atoms with Crippen LogP contribution in [0.3, 0.4) is 0 Å². The van der Waals surface area contributed by atoms with Gasteiger partial charge in [0, 0.05) is 25.7 Å². The smallest absolute Gasteiger partial charge is 0.0826 e. The number of hydrogen-bond acceptors (Lipinski definition) is 4. The van der Waals surface area contributed by atoms with E-state index in [-0.39, 0.29) is 6.10 Å². The molecule has 1 aliphatic rings. The monoisotopic (exact) mass is 244 g/mol. The number of ether oxygens (including phenoxy) is 1. The zero-order chi connectivity index (χ0) is 12.7. The molecule has 102 valence electrons. The van der Waals surface area contributed by atoms with E-state index in [0.717, 1.165) is 45.6 Å². The summed E-state index contributed by atoms with van der Waals surface area (Å²) in [7, 11) is 0. The van der Waals surface area contributed by atoms with Crippen LogP contribution in [0.4, 0.5) is 0 Å². The standard InChI is InChI=1S/C13H28N2O2/c1-11(2)15-7-8-17-13(10-15)9-14-6-4-5-12(3)16/h11-14,16H,4-10H2,1-3H3. The summed E-state index contributed by atoms with van der Waals surface area (Å²) in [6.07, 6.45) is 2.03. The Balaban J connectivity index is 2.06. The van der Waals surface area contributed by atoms with Crippen molar-refractivity contribution in [2.75, 3.05) is 32.8 Å². The van der Waals surface area contributed by atoms with Gasteiger partial charge in [0.2, 0.25) is 0 Å². The van der Waals surface area contributed by atoms with E-state index in [1.54, 1.807) is 0 Å². The maximum absolute atomic E-state index is 9.14. The van der Waals surface area contributed by atoms with Gasteiger partial charge in [0.15, 0.2) is 0 Å². The molecule has 0 bridgehead atoms. The molecule has 0 spiro atoms. The van der Waals surface area contributed by atoms with Crippen molar-refractivity contribution in [3.63, 3.8) is 0 Å². The molecule has 1 fully saturated rings. The number of aliphatic hydroxyl groups excluding tert-OH is 1. The molecule has 0 aromatic rings. The first-order valence-corrected chi connectivity index (χ1v) is 6.84. The van der Waals surface area contributed by atoms with Crippen molar-refractivity contribution >= 4 is 0 Å². The molecule has 2 unspecified atom stereocenters. The molecule has 17 heavy (non-hydrogen) atoms. The number of rotatable bonds is 7. The van der Waals surface area contributed by atoms with Crippen LogP contribution in [0.1, 0.15) is 33.6 Å². The van der Waals surface area contributed by atoms with Crippen LogP contribution in [0.5, 0.6) is 0 Å². The number of hydrogen-bond donors (Lipinski definition) is 2. The van der Waals surface area contributed by atoms with E-state index in [2.05, 4.69) is 24.1 Å². The summed E-state index contributed by atoms with van der Waals surface area (Å²) in [6.45, 7) is 11.1. The number of morpholine rings is 1. The number of aliphatic hydroxyl groups is 1. The molecule has 1 aliphatic heterocycles. The molecule has 0 saturated carbocycles. The Morgan fingerprint density at radius 2 is 2.18 bits per heavy atom.